The summed E-state index contributed by atoms with van der Waals surface area (Å²) in [6.45, 7) is 10.2. The van der Waals surface area contributed by atoms with Crippen LogP contribution in [0.1, 0.15) is 65.7 Å². The Hall–Kier alpha value is -5.17. The number of pyridine rings is 1. The van der Waals surface area contributed by atoms with Crippen LogP contribution in [0.2, 0.25) is 0 Å². The van der Waals surface area contributed by atoms with Gasteiger partial charge >= 0.3 is 12.0 Å². The number of nitrogens with zero attached hydrogens (tertiary/aromatic N) is 2. The molecular formula is C43H56N6O7. The summed E-state index contributed by atoms with van der Waals surface area (Å²) in [5.41, 5.74) is 0.310. The first-order chi connectivity index (χ1) is 26.8. The molecule has 13 heteroatoms. The molecule has 2 saturated carbocycles. The van der Waals surface area contributed by atoms with Crippen LogP contribution < -0.4 is 30.7 Å². The molecule has 2 aromatic carbocycles. The highest BCUT2D eigenvalue weighted by Gasteiger charge is 2.61. The van der Waals surface area contributed by atoms with Crippen LogP contribution in [0.25, 0.3) is 22.2 Å². The van der Waals surface area contributed by atoms with E-state index in [1.807, 2.05) is 75.4 Å². The molecule has 300 valence electrons. The third kappa shape index (κ3) is 8.77. The molecule has 5 N–H and O–H groups in total. The lowest BCUT2D eigenvalue weighted by atomic mass is 9.82. The van der Waals surface area contributed by atoms with Crippen molar-refractivity contribution in [3.05, 3.63) is 67.3 Å². The van der Waals surface area contributed by atoms with Crippen LogP contribution in [-0.2, 0) is 14.4 Å². The summed E-state index contributed by atoms with van der Waals surface area (Å²) in [5.74, 6) is -0.865. The summed E-state index contributed by atoms with van der Waals surface area (Å²) >= 11 is 0. The second-order valence-electron chi connectivity index (χ2n) is 16.5. The number of carbonyl (C=O) groups is 4. The highest BCUT2D eigenvalue weighted by Crippen LogP contribution is 2.45. The predicted molar refractivity (Wildman–Crippen MR) is 214 cm³/mol. The van der Waals surface area contributed by atoms with Gasteiger partial charge in [-0.05, 0) is 42.7 Å². The van der Waals surface area contributed by atoms with E-state index in [9.17, 15) is 24.3 Å². The second-order valence-corrected chi connectivity index (χ2v) is 16.5. The second kappa shape index (κ2) is 16.9. The SMILES string of the molecule is C=C[C@@H]1C[C@]1(NC(=O)[C@@H]1C[C@@H](Oc2cc(-c3ccccc3)nc3cc(OC)ccc23)CN1C(=O)N[C@H](CN[C@H](C(=O)NC)C1CCCCC1)C(C)(C)C)C(=O)O. The molecule has 13 nitrogen and oxygen atoms in total. The summed E-state index contributed by atoms with van der Waals surface area (Å²) in [6.07, 6.45) is 6.48. The molecule has 6 atom stereocenters. The molecule has 0 unspecified atom stereocenters. The van der Waals surface area contributed by atoms with Gasteiger partial charge in [-0.3, -0.25) is 9.59 Å². The summed E-state index contributed by atoms with van der Waals surface area (Å²) < 4.78 is 12.2. The van der Waals surface area contributed by atoms with Crippen LogP contribution >= 0.6 is 0 Å². The minimum Gasteiger partial charge on any atom is -0.497 e. The van der Waals surface area contributed by atoms with Crippen LogP contribution in [0, 0.1) is 17.3 Å². The number of carboxylic acid groups (broad SMARTS) is 1. The quantitative estimate of drug-likeness (QED) is 0.137. The smallest absolute Gasteiger partial charge is 0.330 e. The van der Waals surface area contributed by atoms with E-state index in [1.54, 1.807) is 14.2 Å². The Labute approximate surface area is 329 Å². The molecule has 4 amide bonds. The van der Waals surface area contributed by atoms with Crippen LogP contribution in [0.4, 0.5) is 4.79 Å². The average molecular weight is 769 g/mol. The largest absolute Gasteiger partial charge is 0.497 e. The van der Waals surface area contributed by atoms with Crippen LogP contribution in [0.5, 0.6) is 11.5 Å². The number of benzene rings is 2. The zero-order valence-corrected chi connectivity index (χ0v) is 33.1. The average Bonchev–Trinajstić information content (AvgIpc) is 3.76. The maximum absolute atomic E-state index is 14.4. The summed E-state index contributed by atoms with van der Waals surface area (Å²) in [5, 5.41) is 23.1. The van der Waals surface area contributed by atoms with Gasteiger partial charge < -0.3 is 40.7 Å². The van der Waals surface area contributed by atoms with Crippen LogP contribution in [-0.4, -0.2) is 95.8 Å². The number of aliphatic carboxylic acids is 1. The van der Waals surface area contributed by atoms with E-state index < -0.39 is 59.0 Å². The third-order valence-electron chi connectivity index (χ3n) is 11.7. The number of nitrogens with one attached hydrogen (secondary N) is 4. The van der Waals surface area contributed by atoms with E-state index >= 15 is 0 Å². The number of methoxy groups -OCH3 is 1. The third-order valence-corrected chi connectivity index (χ3v) is 11.7. The Morgan fingerprint density at radius 3 is 2.43 bits per heavy atom. The first-order valence-electron chi connectivity index (χ1n) is 19.7. The van der Waals surface area contributed by atoms with E-state index in [1.165, 1.54) is 11.0 Å². The number of amides is 4. The number of carboxylic acids is 1. The fourth-order valence-corrected chi connectivity index (χ4v) is 8.16. The predicted octanol–water partition coefficient (Wildman–Crippen LogP) is 5.29. The first-order valence-corrected chi connectivity index (χ1v) is 19.7. The van der Waals surface area contributed by atoms with Gasteiger partial charge in [0.2, 0.25) is 11.8 Å². The van der Waals surface area contributed by atoms with Gasteiger partial charge in [0.1, 0.15) is 29.2 Å². The Balaban J connectivity index is 1.28. The van der Waals surface area contributed by atoms with Crippen molar-refractivity contribution in [3.8, 4) is 22.8 Å². The molecule has 0 radical (unpaired) electrons. The van der Waals surface area contributed by atoms with Crippen molar-refractivity contribution in [2.75, 3.05) is 27.2 Å². The molecule has 2 aliphatic carbocycles. The van der Waals surface area contributed by atoms with Gasteiger partial charge in [-0.25, -0.2) is 14.6 Å². The van der Waals surface area contributed by atoms with E-state index in [-0.39, 0.29) is 31.2 Å². The number of aromatic nitrogens is 1. The van der Waals surface area contributed by atoms with Crippen molar-refractivity contribution < 1.29 is 33.8 Å². The molecule has 0 spiro atoms. The number of urea groups is 1. The lowest BCUT2D eigenvalue weighted by Crippen LogP contribution is -2.59. The topological polar surface area (TPSA) is 171 Å². The number of fused-ring (bicyclic) bond motifs is 1. The van der Waals surface area contributed by atoms with Gasteiger partial charge in [-0.1, -0.05) is 76.4 Å². The van der Waals surface area contributed by atoms with Gasteiger partial charge in [0.15, 0.2) is 0 Å². The summed E-state index contributed by atoms with van der Waals surface area (Å²) in [7, 11) is 3.23. The van der Waals surface area contributed by atoms with Gasteiger partial charge in [-0.15, -0.1) is 6.58 Å². The van der Waals surface area contributed by atoms with E-state index in [0.717, 1.165) is 43.1 Å². The minimum atomic E-state index is -1.48. The molecule has 3 fully saturated rings. The number of hydrogen-bond donors (Lipinski definition) is 5. The zero-order chi connectivity index (χ0) is 40.2. The normalized spacial score (nSPS) is 23.4. The van der Waals surface area contributed by atoms with E-state index in [0.29, 0.717) is 29.3 Å². The number of rotatable bonds is 14. The number of hydrogen-bond acceptors (Lipinski definition) is 8. The summed E-state index contributed by atoms with van der Waals surface area (Å²) in [4.78, 5) is 60.3. The molecule has 6 rings (SSSR count). The summed E-state index contributed by atoms with van der Waals surface area (Å²) in [6, 6.07) is 14.7. The zero-order valence-electron chi connectivity index (χ0n) is 33.1. The molecule has 2 heterocycles. The molecule has 0 bridgehead atoms. The first kappa shape index (κ1) is 40.5. The van der Waals surface area contributed by atoms with Crippen LogP contribution in [0.3, 0.4) is 0 Å². The molecule has 56 heavy (non-hydrogen) atoms. The van der Waals surface area contributed by atoms with Gasteiger partial charge in [0.25, 0.3) is 0 Å². The van der Waals surface area contributed by atoms with Crippen LogP contribution in [0.15, 0.2) is 67.3 Å². The maximum atomic E-state index is 14.4. The molecule has 1 saturated heterocycles. The fraction of sp³-hybridized carbons (Fsp3) is 0.512. The standard InChI is InChI=1S/C43H56N6O7/c1-7-28-23-43(28,40(52)53)48-38(50)34-21-30(56-35-22-32(26-14-10-8-11-15-26)46-33-20-29(55-6)18-19-31(33)35)25-49(34)41(54)47-36(42(2,3)4)24-45-37(39(51)44-5)27-16-12-9-13-17-27/h7-8,10-11,14-15,18-20,22,27-28,30,34,36-37,45H,1,9,12-13,16-17,21,23-25H2,2-6H3,(H,44,51)(H,47,54)(H,48,50)(H,52,53)/t28-,30-,34+,36-,37+,43-/m1/s1. The maximum Gasteiger partial charge on any atom is 0.330 e. The van der Waals surface area contributed by atoms with Crippen molar-refractivity contribution in [3.63, 3.8) is 0 Å². The Bertz CT molecular complexity index is 1930. The Morgan fingerprint density at radius 1 is 1.07 bits per heavy atom. The number of likely N-dealkylation sites (N-methyl/N-ethyl adjacent to an activating group) is 1. The van der Waals surface area contributed by atoms with E-state index in [4.69, 9.17) is 14.5 Å². The minimum absolute atomic E-state index is 0.0583. The van der Waals surface area contributed by atoms with Crippen molar-refractivity contribution in [1.82, 2.24) is 31.2 Å². The molecule has 1 aromatic heterocycles. The highest BCUT2D eigenvalue weighted by atomic mass is 16.5. The number of likely N-dealkylation sites (tertiary alicyclic amines) is 1. The monoisotopic (exact) mass is 768 g/mol. The Morgan fingerprint density at radius 2 is 1.80 bits per heavy atom. The van der Waals surface area contributed by atoms with Crippen molar-refractivity contribution in [1.29, 1.82) is 0 Å². The van der Waals surface area contributed by atoms with Gasteiger partial charge in [-0.2, -0.15) is 0 Å². The lowest BCUT2D eigenvalue weighted by molar-refractivity contribution is -0.144. The van der Waals surface area contributed by atoms with E-state index in [2.05, 4.69) is 27.8 Å². The lowest BCUT2D eigenvalue weighted by Gasteiger charge is -2.37. The van der Waals surface area contributed by atoms with Gasteiger partial charge in [0, 0.05) is 55.1 Å². The number of ether oxygens (including phenoxy) is 2. The molecule has 3 aromatic rings. The van der Waals surface area contributed by atoms with Crippen molar-refractivity contribution in [2.24, 2.45) is 17.3 Å². The van der Waals surface area contributed by atoms with Gasteiger partial charge in [0.05, 0.1) is 30.9 Å². The Kier molecular flexibility index (Phi) is 12.2. The molecule has 3 aliphatic rings. The van der Waals surface area contributed by atoms with Crippen molar-refractivity contribution >= 4 is 34.7 Å². The number of carbonyl (C=O) groups excluding carboxylic acids is 3. The van der Waals surface area contributed by atoms with Crippen molar-refractivity contribution in [2.45, 2.75) is 95.5 Å². The fourth-order valence-electron chi connectivity index (χ4n) is 8.16. The highest BCUT2D eigenvalue weighted by molar-refractivity contribution is 5.95. The molecular weight excluding hydrogens is 713 g/mol. The molecule has 1 aliphatic heterocycles.